The van der Waals surface area contributed by atoms with Crippen molar-refractivity contribution in [3.05, 3.63) is 47.5 Å². The van der Waals surface area contributed by atoms with Gasteiger partial charge in [0.15, 0.2) is 0 Å². The van der Waals surface area contributed by atoms with E-state index in [0.29, 0.717) is 11.6 Å². The summed E-state index contributed by atoms with van der Waals surface area (Å²) >= 11 is 1.76. The number of anilines is 1. The number of benzene rings is 1. The lowest BCUT2D eigenvalue weighted by atomic mass is 9.79. The topological polar surface area (TPSA) is 71.0 Å². The molecule has 1 saturated carbocycles. The lowest BCUT2D eigenvalue weighted by Crippen LogP contribution is -2.46. The van der Waals surface area contributed by atoms with Gasteiger partial charge >= 0.3 is 0 Å². The summed E-state index contributed by atoms with van der Waals surface area (Å²) in [6.07, 6.45) is 11.1. The van der Waals surface area contributed by atoms with Gasteiger partial charge in [0.05, 0.1) is 21.4 Å². The van der Waals surface area contributed by atoms with Gasteiger partial charge in [0.1, 0.15) is 5.69 Å². The van der Waals surface area contributed by atoms with Gasteiger partial charge in [-0.05, 0) is 57.0 Å². The summed E-state index contributed by atoms with van der Waals surface area (Å²) < 4.78 is 1.12. The van der Waals surface area contributed by atoms with Crippen molar-refractivity contribution >= 4 is 33.1 Å². The van der Waals surface area contributed by atoms with Crippen molar-refractivity contribution in [1.82, 2.24) is 19.9 Å². The van der Waals surface area contributed by atoms with Gasteiger partial charge in [-0.2, -0.15) is 0 Å². The van der Waals surface area contributed by atoms with Crippen molar-refractivity contribution in [3.63, 3.8) is 0 Å². The van der Waals surface area contributed by atoms with E-state index in [9.17, 15) is 4.79 Å². The molecule has 1 aliphatic heterocycles. The molecule has 0 bridgehead atoms. The van der Waals surface area contributed by atoms with Crippen LogP contribution in [0.4, 0.5) is 5.69 Å². The first-order valence-corrected chi connectivity index (χ1v) is 10.8. The maximum Gasteiger partial charge on any atom is 0.275 e. The number of fused-ring (bicyclic) bond motifs is 1. The number of hydrogen-bond donors (Lipinski definition) is 1. The van der Waals surface area contributed by atoms with Gasteiger partial charge in [0.25, 0.3) is 5.91 Å². The molecule has 0 radical (unpaired) electrons. The molecule has 1 aromatic carbocycles. The average Bonchev–Trinajstić information content (AvgIpc) is 3.11. The largest absolute Gasteiger partial charge is 0.321 e. The average molecular weight is 394 g/mol. The maximum atomic E-state index is 12.3. The second kappa shape index (κ2) is 7.56. The standard InChI is InChI=1S/C21H23N5OS/c27-20(18-13-22-6-7-23-18)24-15-4-5-17-19(12-15)28-21(25-17)14-10-16(11-14)26-8-2-1-3-9-26/h4-7,12-14,16H,1-3,8-11H2,(H,24,27). The molecule has 144 valence electrons. The van der Waals surface area contributed by atoms with Crippen molar-refractivity contribution in [2.75, 3.05) is 18.4 Å². The fourth-order valence-corrected chi connectivity index (χ4v) is 5.31. The lowest BCUT2D eigenvalue weighted by Gasteiger charge is -2.43. The highest BCUT2D eigenvalue weighted by molar-refractivity contribution is 7.18. The number of likely N-dealkylation sites (tertiary alicyclic amines) is 1. The third-order valence-corrected chi connectivity index (χ3v) is 7.01. The molecule has 2 fully saturated rings. The highest BCUT2D eigenvalue weighted by Gasteiger charge is 2.36. The molecule has 3 aromatic rings. The van der Waals surface area contributed by atoms with Gasteiger partial charge in [-0.25, -0.2) is 9.97 Å². The zero-order valence-electron chi connectivity index (χ0n) is 15.7. The number of rotatable bonds is 4. The summed E-state index contributed by atoms with van der Waals surface area (Å²) in [5.41, 5.74) is 2.09. The molecule has 0 atom stereocenters. The van der Waals surface area contributed by atoms with Crippen LogP contribution in [0.3, 0.4) is 0 Å². The number of carbonyl (C=O) groups is 1. The van der Waals surface area contributed by atoms with Crippen LogP contribution >= 0.6 is 11.3 Å². The molecule has 0 spiro atoms. The molecule has 0 unspecified atom stereocenters. The van der Waals surface area contributed by atoms with Crippen LogP contribution in [-0.4, -0.2) is 44.9 Å². The first kappa shape index (κ1) is 17.7. The molecular formula is C21H23N5OS. The van der Waals surface area contributed by atoms with E-state index in [2.05, 4.69) is 20.2 Å². The predicted molar refractivity (Wildman–Crippen MR) is 111 cm³/mol. The van der Waals surface area contributed by atoms with Crippen molar-refractivity contribution in [1.29, 1.82) is 0 Å². The second-order valence-electron chi connectivity index (χ2n) is 7.70. The Morgan fingerprint density at radius 3 is 2.79 bits per heavy atom. The number of amides is 1. The van der Waals surface area contributed by atoms with Crippen LogP contribution in [-0.2, 0) is 0 Å². The van der Waals surface area contributed by atoms with Crippen LogP contribution < -0.4 is 5.32 Å². The summed E-state index contributed by atoms with van der Waals surface area (Å²) in [6, 6.07) is 6.64. The Morgan fingerprint density at radius 2 is 2.00 bits per heavy atom. The van der Waals surface area contributed by atoms with Crippen LogP contribution in [0.15, 0.2) is 36.8 Å². The van der Waals surface area contributed by atoms with Crippen LogP contribution in [0.2, 0.25) is 0 Å². The van der Waals surface area contributed by atoms with Gasteiger partial charge in [0.2, 0.25) is 0 Å². The summed E-state index contributed by atoms with van der Waals surface area (Å²) in [7, 11) is 0. The van der Waals surface area contributed by atoms with E-state index < -0.39 is 0 Å². The van der Waals surface area contributed by atoms with Gasteiger partial charge < -0.3 is 10.2 Å². The molecule has 28 heavy (non-hydrogen) atoms. The fourth-order valence-electron chi connectivity index (χ4n) is 4.18. The summed E-state index contributed by atoms with van der Waals surface area (Å²) in [6.45, 7) is 2.54. The Bertz CT molecular complexity index is 977. The highest BCUT2D eigenvalue weighted by atomic mass is 32.1. The number of hydrogen-bond acceptors (Lipinski definition) is 6. The molecule has 1 saturated heterocycles. The van der Waals surface area contributed by atoms with E-state index >= 15 is 0 Å². The lowest BCUT2D eigenvalue weighted by molar-refractivity contribution is 0.0888. The Hall–Kier alpha value is -2.38. The molecule has 7 heteroatoms. The van der Waals surface area contributed by atoms with Crippen LogP contribution in [0.5, 0.6) is 0 Å². The molecule has 1 amide bonds. The van der Waals surface area contributed by atoms with Gasteiger partial charge in [0, 0.05) is 30.0 Å². The molecule has 5 rings (SSSR count). The quantitative estimate of drug-likeness (QED) is 0.723. The first-order chi connectivity index (χ1) is 13.8. The van der Waals surface area contributed by atoms with E-state index in [0.717, 1.165) is 21.9 Å². The minimum absolute atomic E-state index is 0.249. The molecule has 1 aliphatic carbocycles. The maximum absolute atomic E-state index is 12.3. The zero-order chi connectivity index (χ0) is 18.9. The van der Waals surface area contributed by atoms with Crippen molar-refractivity contribution in [2.24, 2.45) is 0 Å². The SMILES string of the molecule is O=C(Nc1ccc2nc(C3CC(N4CCCCC4)C3)sc2c1)c1cnccn1. The van der Waals surface area contributed by atoms with Crippen LogP contribution in [0, 0.1) is 0 Å². The molecule has 2 aliphatic rings. The number of nitrogens with one attached hydrogen (secondary N) is 1. The summed E-state index contributed by atoms with van der Waals surface area (Å²) in [4.78, 5) is 27.8. The third kappa shape index (κ3) is 3.52. The summed E-state index contributed by atoms with van der Waals surface area (Å²) in [5, 5.41) is 4.13. The predicted octanol–water partition coefficient (Wildman–Crippen LogP) is 4.07. The monoisotopic (exact) mass is 393 g/mol. The minimum Gasteiger partial charge on any atom is -0.321 e. The Kier molecular flexibility index (Phi) is 4.78. The van der Waals surface area contributed by atoms with Crippen molar-refractivity contribution in [3.8, 4) is 0 Å². The Labute approximate surface area is 168 Å². The molecule has 3 heterocycles. The third-order valence-electron chi connectivity index (χ3n) is 5.83. The van der Waals surface area contributed by atoms with Gasteiger partial charge in [-0.15, -0.1) is 11.3 Å². The van der Waals surface area contributed by atoms with Gasteiger partial charge in [-0.3, -0.25) is 9.78 Å². The Morgan fingerprint density at radius 1 is 1.14 bits per heavy atom. The van der Waals surface area contributed by atoms with E-state index in [1.165, 1.54) is 62.6 Å². The molecule has 6 nitrogen and oxygen atoms in total. The van der Waals surface area contributed by atoms with Crippen molar-refractivity contribution in [2.45, 2.75) is 44.1 Å². The molecule has 1 N–H and O–H groups in total. The van der Waals surface area contributed by atoms with Crippen LogP contribution in [0.1, 0.15) is 53.5 Å². The number of nitrogens with zero attached hydrogens (tertiary/aromatic N) is 4. The van der Waals surface area contributed by atoms with Crippen LogP contribution in [0.25, 0.3) is 10.2 Å². The van der Waals surface area contributed by atoms with Crippen molar-refractivity contribution < 1.29 is 4.79 Å². The number of piperidine rings is 1. The van der Waals surface area contributed by atoms with E-state index in [1.807, 2.05) is 18.2 Å². The number of carbonyl (C=O) groups excluding carboxylic acids is 1. The second-order valence-corrected chi connectivity index (χ2v) is 8.76. The number of thiazole rings is 1. The first-order valence-electron chi connectivity index (χ1n) is 9.98. The minimum atomic E-state index is -0.249. The molecular weight excluding hydrogens is 370 g/mol. The van der Waals surface area contributed by atoms with E-state index in [1.54, 1.807) is 17.5 Å². The Balaban J connectivity index is 1.26. The molecule has 2 aromatic heterocycles. The number of aromatic nitrogens is 3. The zero-order valence-corrected chi connectivity index (χ0v) is 16.5. The normalized spacial score (nSPS) is 22.7. The van der Waals surface area contributed by atoms with E-state index in [4.69, 9.17) is 4.98 Å². The summed E-state index contributed by atoms with van der Waals surface area (Å²) in [5.74, 6) is 0.336. The highest BCUT2D eigenvalue weighted by Crippen LogP contribution is 2.43. The van der Waals surface area contributed by atoms with Gasteiger partial charge in [-0.1, -0.05) is 6.42 Å². The fraction of sp³-hybridized carbons (Fsp3) is 0.429. The van der Waals surface area contributed by atoms with E-state index in [-0.39, 0.29) is 5.91 Å². The smallest absolute Gasteiger partial charge is 0.275 e.